The van der Waals surface area contributed by atoms with Gasteiger partial charge in [0.1, 0.15) is 11.6 Å². The van der Waals surface area contributed by atoms with Crippen molar-refractivity contribution in [1.82, 2.24) is 9.97 Å². The van der Waals surface area contributed by atoms with E-state index >= 15 is 0 Å². The van der Waals surface area contributed by atoms with Crippen LogP contribution in [-0.4, -0.2) is 22.5 Å². The van der Waals surface area contributed by atoms with Crippen LogP contribution < -0.4 is 10.1 Å². The fourth-order valence-corrected chi connectivity index (χ4v) is 3.33. The number of aromatic nitrogens is 2. The van der Waals surface area contributed by atoms with Gasteiger partial charge in [-0.05, 0) is 61.2 Å². The molecule has 4 rings (SSSR count). The molecule has 0 saturated carbocycles. The van der Waals surface area contributed by atoms with E-state index in [1.165, 1.54) is 0 Å². The van der Waals surface area contributed by atoms with E-state index in [9.17, 15) is 4.79 Å². The van der Waals surface area contributed by atoms with Crippen LogP contribution in [0.4, 0.5) is 5.69 Å². The number of nitrogens with one attached hydrogen (secondary N) is 2. The number of para-hydroxylation sites is 2. The van der Waals surface area contributed by atoms with Gasteiger partial charge in [-0.25, -0.2) is 4.98 Å². The highest BCUT2D eigenvalue weighted by atomic mass is 16.5. The molecule has 1 aromatic heterocycles. The van der Waals surface area contributed by atoms with Crippen molar-refractivity contribution >= 4 is 22.6 Å². The van der Waals surface area contributed by atoms with Gasteiger partial charge in [0, 0.05) is 16.8 Å². The molecule has 158 valence electrons. The van der Waals surface area contributed by atoms with Gasteiger partial charge in [-0.2, -0.15) is 0 Å². The molecule has 0 aliphatic heterocycles. The molecule has 0 fully saturated rings. The fraction of sp³-hybridized carbons (Fsp3) is 0.231. The molecule has 0 atom stereocenters. The first-order chi connectivity index (χ1) is 15.0. The van der Waals surface area contributed by atoms with Crippen molar-refractivity contribution in [3.05, 3.63) is 77.9 Å². The van der Waals surface area contributed by atoms with Gasteiger partial charge in [-0.15, -0.1) is 0 Å². The number of aromatic amines is 1. The van der Waals surface area contributed by atoms with E-state index in [0.29, 0.717) is 23.8 Å². The first kappa shape index (κ1) is 20.7. The van der Waals surface area contributed by atoms with Crippen molar-refractivity contribution in [3.8, 4) is 17.1 Å². The molecule has 0 spiro atoms. The van der Waals surface area contributed by atoms with E-state index in [-0.39, 0.29) is 5.91 Å². The maximum absolute atomic E-state index is 12.9. The lowest BCUT2D eigenvalue weighted by Crippen LogP contribution is -2.13. The number of imidazole rings is 1. The number of amides is 1. The number of carbonyl (C=O) groups is 1. The van der Waals surface area contributed by atoms with Crippen molar-refractivity contribution in [1.29, 1.82) is 0 Å². The third-order valence-corrected chi connectivity index (χ3v) is 5.21. The number of carbonyl (C=O) groups excluding carboxylic acids is 1. The molecular weight excluding hydrogens is 386 g/mol. The zero-order chi connectivity index (χ0) is 21.8. The van der Waals surface area contributed by atoms with Crippen molar-refractivity contribution in [2.45, 2.75) is 27.2 Å². The molecule has 0 unspecified atom stereocenters. The summed E-state index contributed by atoms with van der Waals surface area (Å²) in [5.74, 6) is 1.89. The summed E-state index contributed by atoms with van der Waals surface area (Å²) in [5.41, 5.74) is 5.13. The van der Waals surface area contributed by atoms with Gasteiger partial charge in [0.15, 0.2) is 0 Å². The van der Waals surface area contributed by atoms with Crippen LogP contribution in [0, 0.1) is 12.8 Å². The Morgan fingerprint density at radius 1 is 1.06 bits per heavy atom. The highest BCUT2D eigenvalue weighted by Gasteiger charge is 2.12. The second-order valence-electron chi connectivity index (χ2n) is 8.15. The number of anilines is 1. The third kappa shape index (κ3) is 4.94. The first-order valence-electron chi connectivity index (χ1n) is 10.6. The molecule has 0 bridgehead atoms. The van der Waals surface area contributed by atoms with E-state index in [2.05, 4.69) is 29.1 Å². The minimum Gasteiger partial charge on any atom is -0.494 e. The van der Waals surface area contributed by atoms with Gasteiger partial charge in [0.05, 0.1) is 17.6 Å². The van der Waals surface area contributed by atoms with Crippen LogP contribution in [0.25, 0.3) is 22.4 Å². The Balaban J connectivity index is 1.52. The SMILES string of the molecule is Cc1ccc(-c2nc3ccccc3[nH]2)cc1NC(=O)c1cccc(OCCC(C)C)c1. The molecule has 0 radical (unpaired) electrons. The predicted octanol–water partition coefficient (Wildman–Crippen LogP) is 6.22. The molecular formula is C26H27N3O2. The number of hydrogen-bond acceptors (Lipinski definition) is 3. The molecule has 5 nitrogen and oxygen atoms in total. The van der Waals surface area contributed by atoms with Crippen molar-refractivity contribution in [2.75, 3.05) is 11.9 Å². The summed E-state index contributed by atoms with van der Waals surface area (Å²) in [5, 5.41) is 3.04. The van der Waals surface area contributed by atoms with Crippen molar-refractivity contribution in [2.24, 2.45) is 5.92 Å². The van der Waals surface area contributed by atoms with Crippen LogP contribution in [0.2, 0.25) is 0 Å². The Morgan fingerprint density at radius 3 is 2.71 bits per heavy atom. The van der Waals surface area contributed by atoms with Crippen LogP contribution in [0.15, 0.2) is 66.7 Å². The lowest BCUT2D eigenvalue weighted by Gasteiger charge is -2.12. The molecule has 31 heavy (non-hydrogen) atoms. The van der Waals surface area contributed by atoms with Gasteiger partial charge in [-0.1, -0.05) is 44.2 Å². The maximum Gasteiger partial charge on any atom is 0.255 e. The average Bonchev–Trinajstić information content (AvgIpc) is 3.19. The quantitative estimate of drug-likeness (QED) is 0.378. The summed E-state index contributed by atoms with van der Waals surface area (Å²) < 4.78 is 5.79. The zero-order valence-corrected chi connectivity index (χ0v) is 18.1. The standard InChI is InChI=1S/C26H27N3O2/c1-17(2)13-14-31-21-8-6-7-20(15-21)26(30)29-24-16-19(12-11-18(24)3)25-27-22-9-4-5-10-23(22)28-25/h4-12,15-17H,13-14H2,1-3H3,(H,27,28)(H,29,30). The van der Waals surface area contributed by atoms with E-state index in [0.717, 1.165) is 40.1 Å². The number of fused-ring (bicyclic) bond motifs is 1. The Labute approximate surface area is 182 Å². The summed E-state index contributed by atoms with van der Waals surface area (Å²) >= 11 is 0. The molecule has 0 aliphatic rings. The van der Waals surface area contributed by atoms with Crippen molar-refractivity contribution < 1.29 is 9.53 Å². The molecule has 5 heteroatoms. The van der Waals surface area contributed by atoms with Gasteiger partial charge in [0.2, 0.25) is 0 Å². The van der Waals surface area contributed by atoms with Crippen LogP contribution in [0.1, 0.15) is 36.2 Å². The highest BCUT2D eigenvalue weighted by Crippen LogP contribution is 2.26. The summed E-state index contributed by atoms with van der Waals surface area (Å²) in [6.07, 6.45) is 0.976. The second-order valence-corrected chi connectivity index (χ2v) is 8.15. The number of H-pyrrole nitrogens is 1. The molecule has 2 N–H and O–H groups in total. The summed E-state index contributed by atoms with van der Waals surface area (Å²) in [7, 11) is 0. The minimum absolute atomic E-state index is 0.167. The summed E-state index contributed by atoms with van der Waals surface area (Å²) in [6.45, 7) is 6.94. The van der Waals surface area contributed by atoms with E-state index in [1.807, 2.05) is 61.5 Å². The lowest BCUT2D eigenvalue weighted by molar-refractivity contribution is 0.102. The van der Waals surface area contributed by atoms with Crippen LogP contribution in [-0.2, 0) is 0 Å². The number of nitrogens with zero attached hydrogens (tertiary/aromatic N) is 1. The maximum atomic E-state index is 12.9. The predicted molar refractivity (Wildman–Crippen MR) is 126 cm³/mol. The lowest BCUT2D eigenvalue weighted by atomic mass is 10.1. The Bertz CT molecular complexity index is 1180. The normalized spacial score (nSPS) is 11.1. The van der Waals surface area contributed by atoms with Crippen LogP contribution in [0.5, 0.6) is 5.75 Å². The van der Waals surface area contributed by atoms with E-state index < -0.39 is 0 Å². The Morgan fingerprint density at radius 2 is 1.90 bits per heavy atom. The molecule has 3 aromatic carbocycles. The fourth-order valence-electron chi connectivity index (χ4n) is 3.33. The Kier molecular flexibility index (Phi) is 6.03. The molecule has 0 aliphatic carbocycles. The summed E-state index contributed by atoms with van der Waals surface area (Å²) in [6, 6.07) is 21.2. The number of ether oxygens (including phenoxy) is 1. The van der Waals surface area contributed by atoms with E-state index in [1.54, 1.807) is 12.1 Å². The Hall–Kier alpha value is -3.60. The van der Waals surface area contributed by atoms with Crippen LogP contribution >= 0.6 is 0 Å². The molecule has 4 aromatic rings. The molecule has 1 heterocycles. The zero-order valence-electron chi connectivity index (χ0n) is 18.1. The third-order valence-electron chi connectivity index (χ3n) is 5.21. The minimum atomic E-state index is -0.167. The van der Waals surface area contributed by atoms with Gasteiger partial charge < -0.3 is 15.0 Å². The van der Waals surface area contributed by atoms with Gasteiger partial charge >= 0.3 is 0 Å². The highest BCUT2D eigenvalue weighted by molar-refractivity contribution is 6.05. The first-order valence-corrected chi connectivity index (χ1v) is 10.6. The largest absolute Gasteiger partial charge is 0.494 e. The number of aryl methyl sites for hydroxylation is 1. The summed E-state index contributed by atoms with van der Waals surface area (Å²) in [4.78, 5) is 20.9. The number of benzene rings is 3. The van der Waals surface area contributed by atoms with Gasteiger partial charge in [0.25, 0.3) is 5.91 Å². The van der Waals surface area contributed by atoms with Gasteiger partial charge in [-0.3, -0.25) is 4.79 Å². The second kappa shape index (κ2) is 9.04. The van der Waals surface area contributed by atoms with Crippen LogP contribution in [0.3, 0.4) is 0 Å². The van der Waals surface area contributed by atoms with Crippen molar-refractivity contribution in [3.63, 3.8) is 0 Å². The molecule has 1 amide bonds. The number of hydrogen-bond donors (Lipinski definition) is 2. The average molecular weight is 414 g/mol. The monoisotopic (exact) mass is 413 g/mol. The molecule has 0 saturated heterocycles. The smallest absolute Gasteiger partial charge is 0.255 e. The van der Waals surface area contributed by atoms with E-state index in [4.69, 9.17) is 4.74 Å². The topological polar surface area (TPSA) is 67.0 Å². The number of rotatable bonds is 7.